The number of carbonyl (C=O) groups is 2. The Labute approximate surface area is 238 Å². The molecule has 0 aromatic rings. The maximum atomic E-state index is 13.7. The van der Waals surface area contributed by atoms with Crippen LogP contribution in [0.15, 0.2) is 0 Å². The standard InChI is InChI=1S/C35H56O4/c1-10-32(8)22-14-15-26-31(6,7)27(38-21(3)36)16-17-34(26,11-2)24(22)13-12-23(32)25-20-28-30(4,5)18-19-35(39-28)29(37)33(25,35)9/h22-28H,10-20H2,1-9H3. The predicted octanol–water partition coefficient (Wildman–Crippen LogP) is 8.16. The fourth-order valence-corrected chi connectivity index (χ4v) is 12.6. The number of ketones is 1. The average Bonchev–Trinajstić information content (AvgIpc) is 3.37. The van der Waals surface area contributed by atoms with Gasteiger partial charge in [0.25, 0.3) is 0 Å². The molecule has 11 unspecified atom stereocenters. The van der Waals surface area contributed by atoms with E-state index in [4.69, 9.17) is 9.47 Å². The van der Waals surface area contributed by atoms with Gasteiger partial charge in [0, 0.05) is 12.3 Å². The molecule has 1 spiro atoms. The predicted molar refractivity (Wildman–Crippen MR) is 154 cm³/mol. The zero-order chi connectivity index (χ0) is 28.4. The van der Waals surface area contributed by atoms with Gasteiger partial charge in [-0.1, -0.05) is 54.9 Å². The van der Waals surface area contributed by atoms with Crippen LogP contribution in [-0.2, 0) is 19.1 Å². The van der Waals surface area contributed by atoms with Crippen LogP contribution >= 0.6 is 0 Å². The molecule has 0 radical (unpaired) electrons. The molecule has 2 saturated heterocycles. The molecule has 2 heterocycles. The van der Waals surface area contributed by atoms with Gasteiger partial charge in [0.05, 0.1) is 11.5 Å². The van der Waals surface area contributed by atoms with Crippen molar-refractivity contribution in [3.05, 3.63) is 0 Å². The van der Waals surface area contributed by atoms with Gasteiger partial charge in [0.1, 0.15) is 11.7 Å². The van der Waals surface area contributed by atoms with Crippen molar-refractivity contribution in [2.45, 2.75) is 151 Å². The van der Waals surface area contributed by atoms with E-state index < -0.39 is 5.60 Å². The van der Waals surface area contributed by atoms with E-state index in [0.717, 1.165) is 31.6 Å². The third kappa shape index (κ3) is 3.39. The fourth-order valence-electron chi connectivity index (χ4n) is 12.6. The summed E-state index contributed by atoms with van der Waals surface area (Å²) in [4.78, 5) is 25.7. The van der Waals surface area contributed by atoms with E-state index in [1.54, 1.807) is 6.92 Å². The molecule has 4 nitrogen and oxygen atoms in total. The Hall–Kier alpha value is -0.900. The summed E-state index contributed by atoms with van der Waals surface area (Å²) in [7, 11) is 0. The van der Waals surface area contributed by atoms with Crippen LogP contribution in [0.5, 0.6) is 0 Å². The number of ether oxygens (including phenoxy) is 2. The van der Waals surface area contributed by atoms with Crippen LogP contribution in [0.3, 0.4) is 0 Å². The van der Waals surface area contributed by atoms with Crippen molar-refractivity contribution in [2.75, 3.05) is 0 Å². The second-order valence-electron chi connectivity index (χ2n) is 16.7. The van der Waals surface area contributed by atoms with E-state index in [-0.39, 0.29) is 39.8 Å². The molecule has 2 bridgehead atoms. The van der Waals surface area contributed by atoms with Crippen molar-refractivity contribution in [3.8, 4) is 0 Å². The van der Waals surface area contributed by atoms with Gasteiger partial charge in [0.2, 0.25) is 0 Å². The third-order valence-corrected chi connectivity index (χ3v) is 15.1. The number of hydrogen-bond donors (Lipinski definition) is 0. The van der Waals surface area contributed by atoms with Crippen molar-refractivity contribution < 1.29 is 19.1 Å². The summed E-state index contributed by atoms with van der Waals surface area (Å²) in [5.74, 6) is 3.38. The van der Waals surface area contributed by atoms with Gasteiger partial charge in [-0.15, -0.1) is 0 Å². The van der Waals surface area contributed by atoms with Crippen molar-refractivity contribution in [2.24, 2.45) is 56.7 Å². The van der Waals surface area contributed by atoms with E-state index in [1.165, 1.54) is 44.9 Å². The van der Waals surface area contributed by atoms with E-state index in [1.807, 2.05) is 0 Å². The van der Waals surface area contributed by atoms with Crippen LogP contribution in [0, 0.1) is 56.7 Å². The number of hydrogen-bond acceptors (Lipinski definition) is 4. The molecule has 220 valence electrons. The lowest BCUT2D eigenvalue weighted by molar-refractivity contribution is -0.228. The number of rotatable bonds is 4. The Morgan fingerprint density at radius 1 is 0.846 bits per heavy atom. The maximum Gasteiger partial charge on any atom is 0.302 e. The minimum atomic E-state index is -0.483. The van der Waals surface area contributed by atoms with Crippen LogP contribution in [0.4, 0.5) is 0 Å². The summed E-state index contributed by atoms with van der Waals surface area (Å²) < 4.78 is 12.7. The first-order valence-electron chi connectivity index (χ1n) is 16.6. The van der Waals surface area contributed by atoms with Gasteiger partial charge in [0.15, 0.2) is 5.78 Å². The molecule has 0 amide bonds. The minimum absolute atomic E-state index is 0.00832. The first kappa shape index (κ1) is 28.2. The Bertz CT molecular complexity index is 1050. The van der Waals surface area contributed by atoms with E-state index >= 15 is 0 Å². The van der Waals surface area contributed by atoms with Crippen molar-refractivity contribution >= 4 is 11.8 Å². The second kappa shape index (κ2) is 8.57. The summed E-state index contributed by atoms with van der Waals surface area (Å²) in [6, 6.07) is 0. The summed E-state index contributed by atoms with van der Waals surface area (Å²) >= 11 is 0. The van der Waals surface area contributed by atoms with Crippen molar-refractivity contribution in [1.29, 1.82) is 0 Å². The van der Waals surface area contributed by atoms with Gasteiger partial charge in [-0.2, -0.15) is 0 Å². The van der Waals surface area contributed by atoms with Crippen LogP contribution in [0.2, 0.25) is 0 Å². The first-order chi connectivity index (χ1) is 18.2. The molecule has 0 aromatic heterocycles. The van der Waals surface area contributed by atoms with Gasteiger partial charge < -0.3 is 9.47 Å². The average molecular weight is 541 g/mol. The van der Waals surface area contributed by atoms with Crippen LogP contribution in [0.25, 0.3) is 0 Å². The van der Waals surface area contributed by atoms with Crippen molar-refractivity contribution in [1.82, 2.24) is 0 Å². The highest BCUT2D eigenvalue weighted by Crippen LogP contribution is 2.76. The van der Waals surface area contributed by atoms with E-state index in [2.05, 4.69) is 55.4 Å². The summed E-state index contributed by atoms with van der Waals surface area (Å²) in [6.45, 7) is 20.9. The van der Waals surface area contributed by atoms with Crippen molar-refractivity contribution in [3.63, 3.8) is 0 Å². The third-order valence-electron chi connectivity index (χ3n) is 15.1. The van der Waals surface area contributed by atoms with Gasteiger partial charge in [-0.05, 0) is 117 Å². The SMILES string of the molecule is CCC1(C)C2CCC3C(C)(C)C(OC(C)=O)CCC3(CC)C2CCC1C1CC2OC3(CCC2(C)C)C(=O)C13C. The van der Waals surface area contributed by atoms with Crippen LogP contribution < -0.4 is 0 Å². The Kier molecular flexibility index (Phi) is 6.21. The highest BCUT2D eigenvalue weighted by Gasteiger charge is 2.83. The maximum absolute atomic E-state index is 13.7. The van der Waals surface area contributed by atoms with Crippen LogP contribution in [0.1, 0.15) is 133 Å². The van der Waals surface area contributed by atoms with Crippen LogP contribution in [-0.4, -0.2) is 29.6 Å². The smallest absolute Gasteiger partial charge is 0.302 e. The molecule has 39 heavy (non-hydrogen) atoms. The Morgan fingerprint density at radius 3 is 2.13 bits per heavy atom. The highest BCUT2D eigenvalue weighted by atomic mass is 16.5. The zero-order valence-corrected chi connectivity index (χ0v) is 26.5. The van der Waals surface area contributed by atoms with Gasteiger partial charge in [-0.25, -0.2) is 0 Å². The normalized spacial score (nSPS) is 53.2. The molecule has 4 heteroatoms. The quantitative estimate of drug-likeness (QED) is 0.338. The molecule has 4 saturated carbocycles. The molecule has 4 aliphatic carbocycles. The summed E-state index contributed by atoms with van der Waals surface area (Å²) in [5, 5.41) is 0. The molecule has 2 aliphatic heterocycles. The Morgan fingerprint density at radius 2 is 1.49 bits per heavy atom. The summed E-state index contributed by atoms with van der Waals surface area (Å²) in [5.41, 5.74) is -0.0152. The van der Waals surface area contributed by atoms with E-state index in [9.17, 15) is 9.59 Å². The monoisotopic (exact) mass is 540 g/mol. The zero-order valence-electron chi connectivity index (χ0n) is 26.5. The summed E-state index contributed by atoms with van der Waals surface area (Å²) in [6.07, 6.45) is 13.0. The number of carbonyl (C=O) groups excluding carboxylic acids is 2. The molecule has 0 aromatic carbocycles. The number of fused-ring (bicyclic) bond motifs is 4. The number of Topliss-reactive ketones (excluding diaryl/α,β-unsaturated/α-hetero) is 1. The molecule has 6 rings (SSSR count). The van der Waals surface area contributed by atoms with Gasteiger partial charge >= 0.3 is 5.97 Å². The second-order valence-corrected chi connectivity index (χ2v) is 16.7. The lowest BCUT2D eigenvalue weighted by atomic mass is 9.37. The topological polar surface area (TPSA) is 52.6 Å². The largest absolute Gasteiger partial charge is 0.462 e. The van der Waals surface area contributed by atoms with Gasteiger partial charge in [-0.3, -0.25) is 9.59 Å². The number of esters is 1. The molecular weight excluding hydrogens is 484 g/mol. The molecule has 6 fully saturated rings. The molecule has 11 atom stereocenters. The molecular formula is C35H56O4. The lowest BCUT2D eigenvalue weighted by Gasteiger charge is -2.68. The minimum Gasteiger partial charge on any atom is -0.462 e. The molecule has 6 aliphatic rings. The highest BCUT2D eigenvalue weighted by molar-refractivity contribution is 6.11. The first-order valence-corrected chi connectivity index (χ1v) is 16.6. The Balaban J connectivity index is 1.34. The lowest BCUT2D eigenvalue weighted by Crippen LogP contribution is -2.62. The fraction of sp³-hybridized carbons (Fsp3) is 0.943. The molecule has 0 N–H and O–H groups in total. The van der Waals surface area contributed by atoms with E-state index in [0.29, 0.717) is 34.9 Å².